The Bertz CT molecular complexity index is 696. The fourth-order valence-electron chi connectivity index (χ4n) is 2.87. The average Bonchev–Trinajstić information content (AvgIpc) is 2.76. The Kier molecular flexibility index (Phi) is 13.7. The summed E-state index contributed by atoms with van der Waals surface area (Å²) in [4.78, 5) is 53.3. The van der Waals surface area contributed by atoms with Gasteiger partial charge in [0.15, 0.2) is 5.96 Å². The number of amides is 3. The number of nitrogens with two attached hydrogens (primary N) is 3. The molecule has 0 fully saturated rings. The summed E-state index contributed by atoms with van der Waals surface area (Å²) in [7, 11) is 0. The molecule has 0 aromatic rings. The van der Waals surface area contributed by atoms with Gasteiger partial charge in [-0.3, -0.25) is 24.2 Å². The SMILES string of the molecule is CCC(C)C(N)C(=O)NC(CCCN=C(N)N)C(=O)NC(C(=O)NC(C)C(=O)O)C(C)CC. The van der Waals surface area contributed by atoms with Crippen molar-refractivity contribution in [3.63, 3.8) is 0 Å². The minimum absolute atomic E-state index is 0.0834. The summed E-state index contributed by atoms with van der Waals surface area (Å²) < 4.78 is 0. The lowest BCUT2D eigenvalue weighted by atomic mass is 9.96. The molecule has 0 saturated heterocycles. The average molecular weight is 472 g/mol. The molecule has 10 N–H and O–H groups in total. The van der Waals surface area contributed by atoms with Crippen LogP contribution >= 0.6 is 0 Å². The minimum atomic E-state index is -1.19. The van der Waals surface area contributed by atoms with Gasteiger partial charge < -0.3 is 38.3 Å². The van der Waals surface area contributed by atoms with Crippen LogP contribution in [0, 0.1) is 11.8 Å². The monoisotopic (exact) mass is 471 g/mol. The second-order valence-electron chi connectivity index (χ2n) is 8.36. The summed E-state index contributed by atoms with van der Waals surface area (Å²) in [5, 5.41) is 16.8. The van der Waals surface area contributed by atoms with Crippen LogP contribution in [0.2, 0.25) is 0 Å². The largest absolute Gasteiger partial charge is 0.480 e. The van der Waals surface area contributed by atoms with E-state index in [0.29, 0.717) is 19.3 Å². The van der Waals surface area contributed by atoms with Crippen molar-refractivity contribution in [2.24, 2.45) is 34.0 Å². The third-order valence-electron chi connectivity index (χ3n) is 5.66. The molecule has 0 radical (unpaired) electrons. The van der Waals surface area contributed by atoms with E-state index in [4.69, 9.17) is 22.3 Å². The van der Waals surface area contributed by atoms with Crippen molar-refractivity contribution in [1.29, 1.82) is 0 Å². The van der Waals surface area contributed by atoms with Crippen LogP contribution in [0.25, 0.3) is 0 Å². The van der Waals surface area contributed by atoms with Crippen LogP contribution in [0.5, 0.6) is 0 Å². The molecule has 3 amide bonds. The number of rotatable bonds is 15. The van der Waals surface area contributed by atoms with Gasteiger partial charge in [-0.25, -0.2) is 0 Å². The third-order valence-corrected chi connectivity index (χ3v) is 5.66. The molecule has 0 heterocycles. The molecule has 6 unspecified atom stereocenters. The van der Waals surface area contributed by atoms with E-state index in [0.717, 1.165) is 0 Å². The van der Waals surface area contributed by atoms with E-state index in [1.54, 1.807) is 6.92 Å². The summed E-state index contributed by atoms with van der Waals surface area (Å²) >= 11 is 0. The number of carboxylic acids is 1. The standard InChI is InChI=1S/C21H41N7O5/c1-6-11(3)15(22)18(30)27-14(9-8-10-25-21(23)24)17(29)28-16(12(4)7-2)19(31)26-13(5)20(32)33/h11-16H,6-10,22H2,1-5H3,(H,26,31)(H,27,30)(H,28,29)(H,32,33)(H4,23,24,25). The molecule has 0 aromatic heterocycles. The number of carbonyl (C=O) groups excluding carboxylic acids is 3. The second kappa shape index (κ2) is 15.0. The van der Waals surface area contributed by atoms with Gasteiger partial charge in [0.2, 0.25) is 17.7 Å². The van der Waals surface area contributed by atoms with Gasteiger partial charge in [0.1, 0.15) is 18.1 Å². The van der Waals surface area contributed by atoms with Crippen LogP contribution < -0.4 is 33.2 Å². The highest BCUT2D eigenvalue weighted by molar-refractivity contribution is 5.94. The zero-order chi connectivity index (χ0) is 25.7. The van der Waals surface area contributed by atoms with E-state index < -0.39 is 47.9 Å². The fraction of sp³-hybridized carbons (Fsp3) is 0.762. The van der Waals surface area contributed by atoms with Crippen LogP contribution in [0.3, 0.4) is 0 Å². The molecule has 0 bridgehead atoms. The second-order valence-corrected chi connectivity index (χ2v) is 8.36. The van der Waals surface area contributed by atoms with Gasteiger partial charge in [-0.2, -0.15) is 0 Å². The molecule has 190 valence electrons. The molecule has 6 atom stereocenters. The molecule has 0 rings (SSSR count). The first-order valence-electron chi connectivity index (χ1n) is 11.3. The zero-order valence-corrected chi connectivity index (χ0v) is 20.3. The molecule has 0 aliphatic carbocycles. The Morgan fingerprint density at radius 3 is 1.94 bits per heavy atom. The highest BCUT2D eigenvalue weighted by atomic mass is 16.4. The first-order valence-corrected chi connectivity index (χ1v) is 11.3. The number of aliphatic carboxylic acids is 1. The van der Waals surface area contributed by atoms with Crippen molar-refractivity contribution in [2.45, 2.75) is 84.5 Å². The molecule has 33 heavy (non-hydrogen) atoms. The molecule has 12 nitrogen and oxygen atoms in total. The van der Waals surface area contributed by atoms with Crippen molar-refractivity contribution in [2.75, 3.05) is 6.54 Å². The predicted molar refractivity (Wildman–Crippen MR) is 126 cm³/mol. The van der Waals surface area contributed by atoms with E-state index >= 15 is 0 Å². The smallest absolute Gasteiger partial charge is 0.325 e. The maximum absolute atomic E-state index is 13.1. The van der Waals surface area contributed by atoms with Crippen molar-refractivity contribution in [3.8, 4) is 0 Å². The van der Waals surface area contributed by atoms with Gasteiger partial charge in [-0.15, -0.1) is 0 Å². The molecule has 0 aromatic carbocycles. The quantitative estimate of drug-likeness (QED) is 0.0892. The Balaban J connectivity index is 5.55. The number of guanidine groups is 1. The molecular weight excluding hydrogens is 430 g/mol. The number of aliphatic imine (C=N–C) groups is 1. The minimum Gasteiger partial charge on any atom is -0.480 e. The zero-order valence-electron chi connectivity index (χ0n) is 20.3. The van der Waals surface area contributed by atoms with Gasteiger partial charge in [-0.05, 0) is 31.6 Å². The van der Waals surface area contributed by atoms with Crippen LogP contribution in [0.15, 0.2) is 4.99 Å². The number of carboxylic acid groups (broad SMARTS) is 1. The van der Waals surface area contributed by atoms with E-state index in [1.807, 2.05) is 20.8 Å². The van der Waals surface area contributed by atoms with E-state index in [2.05, 4.69) is 20.9 Å². The van der Waals surface area contributed by atoms with Crippen LogP contribution in [0.1, 0.15) is 60.3 Å². The van der Waals surface area contributed by atoms with E-state index in [9.17, 15) is 19.2 Å². The number of hydrogen-bond acceptors (Lipinski definition) is 6. The van der Waals surface area contributed by atoms with E-state index in [1.165, 1.54) is 6.92 Å². The lowest BCUT2D eigenvalue weighted by molar-refractivity contribution is -0.142. The maximum Gasteiger partial charge on any atom is 0.325 e. The Hall–Kier alpha value is -2.89. The molecule has 0 saturated carbocycles. The molecule has 0 aliphatic heterocycles. The van der Waals surface area contributed by atoms with Gasteiger partial charge in [0, 0.05) is 6.54 Å². The maximum atomic E-state index is 13.1. The Morgan fingerprint density at radius 1 is 0.879 bits per heavy atom. The Morgan fingerprint density at radius 2 is 1.45 bits per heavy atom. The number of carbonyl (C=O) groups is 4. The van der Waals surface area contributed by atoms with Crippen molar-refractivity contribution in [3.05, 3.63) is 0 Å². The third kappa shape index (κ3) is 11.0. The van der Waals surface area contributed by atoms with Crippen LogP contribution in [-0.2, 0) is 19.2 Å². The number of hydrogen-bond donors (Lipinski definition) is 7. The first-order chi connectivity index (χ1) is 15.3. The summed E-state index contributed by atoms with van der Waals surface area (Å²) in [6.45, 7) is 8.94. The highest BCUT2D eigenvalue weighted by Crippen LogP contribution is 2.11. The van der Waals surface area contributed by atoms with Crippen LogP contribution in [-0.4, -0.2) is 65.5 Å². The Labute approximate surface area is 195 Å². The van der Waals surface area contributed by atoms with Crippen molar-refractivity contribution >= 4 is 29.7 Å². The van der Waals surface area contributed by atoms with Crippen molar-refractivity contribution < 1.29 is 24.3 Å². The molecular formula is C21H41N7O5. The normalized spacial score (nSPS) is 16.3. The predicted octanol–water partition coefficient (Wildman–Crippen LogP) is -0.982. The van der Waals surface area contributed by atoms with Crippen molar-refractivity contribution in [1.82, 2.24) is 16.0 Å². The first kappa shape index (κ1) is 30.1. The number of nitrogens with zero attached hydrogens (tertiary/aromatic N) is 1. The highest BCUT2D eigenvalue weighted by Gasteiger charge is 2.32. The summed E-state index contributed by atoms with van der Waals surface area (Å²) in [5.74, 6) is -3.32. The van der Waals surface area contributed by atoms with Gasteiger partial charge >= 0.3 is 5.97 Å². The lowest BCUT2D eigenvalue weighted by Crippen LogP contribution is -2.58. The molecule has 12 heteroatoms. The van der Waals surface area contributed by atoms with Gasteiger partial charge in [0.05, 0.1) is 6.04 Å². The van der Waals surface area contributed by atoms with Crippen LogP contribution in [0.4, 0.5) is 0 Å². The lowest BCUT2D eigenvalue weighted by Gasteiger charge is -2.28. The topological polar surface area (TPSA) is 215 Å². The fourth-order valence-corrected chi connectivity index (χ4v) is 2.87. The van der Waals surface area contributed by atoms with Gasteiger partial charge in [0.25, 0.3) is 0 Å². The number of nitrogens with one attached hydrogen (secondary N) is 3. The molecule has 0 aliphatic rings. The van der Waals surface area contributed by atoms with E-state index in [-0.39, 0.29) is 30.8 Å². The summed E-state index contributed by atoms with van der Waals surface area (Å²) in [5.41, 5.74) is 16.6. The summed E-state index contributed by atoms with van der Waals surface area (Å²) in [6, 6.07) is -3.87. The molecule has 0 spiro atoms. The summed E-state index contributed by atoms with van der Waals surface area (Å²) in [6.07, 6.45) is 1.85. The van der Waals surface area contributed by atoms with Gasteiger partial charge in [-0.1, -0.05) is 40.5 Å².